The van der Waals surface area contributed by atoms with Gasteiger partial charge < -0.3 is 11.1 Å². The van der Waals surface area contributed by atoms with E-state index in [9.17, 15) is 4.79 Å². The van der Waals surface area contributed by atoms with Crippen LogP contribution in [0, 0.1) is 5.92 Å². The van der Waals surface area contributed by atoms with E-state index in [1.54, 1.807) is 11.0 Å². The highest BCUT2D eigenvalue weighted by Gasteiger charge is 2.30. The quantitative estimate of drug-likeness (QED) is 0.889. The van der Waals surface area contributed by atoms with Crippen molar-refractivity contribution in [3.05, 3.63) is 42.5 Å². The van der Waals surface area contributed by atoms with Crippen LogP contribution in [0.25, 0.3) is 0 Å². The molecule has 0 aliphatic heterocycles. The number of carbonyl (C=O) groups excluding carboxylic acids is 1. The van der Waals surface area contributed by atoms with E-state index in [1.807, 2.05) is 24.3 Å². The first-order chi connectivity index (χ1) is 10.2. The third-order valence-electron chi connectivity index (χ3n) is 3.94. The molecule has 6 heteroatoms. The number of nitrogens with zero attached hydrogens (tertiary/aromatic N) is 3. The van der Waals surface area contributed by atoms with Gasteiger partial charge in [0, 0.05) is 11.7 Å². The molecule has 2 aromatic rings. The van der Waals surface area contributed by atoms with Gasteiger partial charge in [0.05, 0.1) is 12.5 Å². The second kappa shape index (κ2) is 6.05. The van der Waals surface area contributed by atoms with Gasteiger partial charge in [-0.25, -0.2) is 9.67 Å². The fourth-order valence-electron chi connectivity index (χ4n) is 2.74. The van der Waals surface area contributed by atoms with Crippen molar-refractivity contribution in [2.75, 3.05) is 5.32 Å². The molecule has 1 aromatic carbocycles. The van der Waals surface area contributed by atoms with Crippen LogP contribution in [0.4, 0.5) is 5.69 Å². The van der Waals surface area contributed by atoms with Gasteiger partial charge in [0.15, 0.2) is 0 Å². The standard InChI is InChI=1S/C15H19N5O/c16-14-3-1-2-13(14)15(21)19-12-6-4-11(5-7-12)8-20-10-17-9-18-20/h4-7,9-10,13-14H,1-3,8,16H2,(H,19,21). The first-order valence-corrected chi connectivity index (χ1v) is 7.20. The second-order valence-electron chi connectivity index (χ2n) is 5.48. The van der Waals surface area contributed by atoms with E-state index in [0.29, 0.717) is 6.54 Å². The van der Waals surface area contributed by atoms with Crippen LogP contribution < -0.4 is 11.1 Å². The van der Waals surface area contributed by atoms with Crippen LogP contribution in [0.1, 0.15) is 24.8 Å². The van der Waals surface area contributed by atoms with Crippen LogP contribution in [0.15, 0.2) is 36.9 Å². The van der Waals surface area contributed by atoms with Gasteiger partial charge in [0.2, 0.25) is 5.91 Å². The molecular formula is C15H19N5O. The van der Waals surface area contributed by atoms with E-state index < -0.39 is 0 Å². The molecule has 3 rings (SSSR count). The van der Waals surface area contributed by atoms with Crippen LogP contribution in [0.3, 0.4) is 0 Å². The van der Waals surface area contributed by atoms with Crippen LogP contribution in [0.5, 0.6) is 0 Å². The van der Waals surface area contributed by atoms with E-state index >= 15 is 0 Å². The summed E-state index contributed by atoms with van der Waals surface area (Å²) in [5.74, 6) is -0.0242. The maximum Gasteiger partial charge on any atom is 0.229 e. The van der Waals surface area contributed by atoms with Gasteiger partial charge in [0.25, 0.3) is 0 Å². The first-order valence-electron chi connectivity index (χ1n) is 7.20. The molecule has 21 heavy (non-hydrogen) atoms. The molecule has 6 nitrogen and oxygen atoms in total. The maximum atomic E-state index is 12.2. The fraction of sp³-hybridized carbons (Fsp3) is 0.400. The number of nitrogens with two attached hydrogens (primary N) is 1. The van der Waals surface area contributed by atoms with Gasteiger partial charge >= 0.3 is 0 Å². The van der Waals surface area contributed by atoms with Gasteiger partial charge in [-0.2, -0.15) is 5.10 Å². The summed E-state index contributed by atoms with van der Waals surface area (Å²) in [5, 5.41) is 7.01. The van der Waals surface area contributed by atoms with Crippen LogP contribution in [0.2, 0.25) is 0 Å². The van der Waals surface area contributed by atoms with E-state index in [1.165, 1.54) is 6.33 Å². The summed E-state index contributed by atoms with van der Waals surface area (Å²) in [5.41, 5.74) is 7.87. The monoisotopic (exact) mass is 285 g/mol. The summed E-state index contributed by atoms with van der Waals surface area (Å²) in [6, 6.07) is 7.77. The van der Waals surface area contributed by atoms with Crippen molar-refractivity contribution in [2.45, 2.75) is 31.8 Å². The van der Waals surface area contributed by atoms with Crippen LogP contribution in [-0.2, 0) is 11.3 Å². The van der Waals surface area contributed by atoms with Gasteiger partial charge in [-0.05, 0) is 30.5 Å². The van der Waals surface area contributed by atoms with E-state index in [4.69, 9.17) is 5.73 Å². The molecule has 1 aromatic heterocycles. The Balaban J connectivity index is 1.60. The predicted octanol–water partition coefficient (Wildman–Crippen LogP) is 1.39. The minimum Gasteiger partial charge on any atom is -0.327 e. The number of anilines is 1. The molecule has 1 aliphatic rings. The molecule has 0 radical (unpaired) electrons. The van der Waals surface area contributed by atoms with Crippen molar-refractivity contribution < 1.29 is 4.79 Å². The largest absolute Gasteiger partial charge is 0.327 e. The van der Waals surface area contributed by atoms with Crippen molar-refractivity contribution in [1.82, 2.24) is 14.8 Å². The van der Waals surface area contributed by atoms with E-state index in [-0.39, 0.29) is 17.9 Å². The summed E-state index contributed by atoms with van der Waals surface area (Å²) >= 11 is 0. The Hall–Kier alpha value is -2.21. The summed E-state index contributed by atoms with van der Waals surface area (Å²) in [7, 11) is 0. The highest BCUT2D eigenvalue weighted by molar-refractivity contribution is 5.93. The van der Waals surface area contributed by atoms with Gasteiger partial charge in [-0.3, -0.25) is 4.79 Å². The number of carbonyl (C=O) groups is 1. The normalized spacial score (nSPS) is 21.4. The number of hydrogen-bond donors (Lipinski definition) is 2. The number of nitrogens with one attached hydrogen (secondary N) is 1. The Bertz CT molecular complexity index is 593. The SMILES string of the molecule is NC1CCCC1C(=O)Nc1ccc(Cn2cncn2)cc1. The Morgan fingerprint density at radius 2 is 2.14 bits per heavy atom. The van der Waals surface area contributed by atoms with Crippen molar-refractivity contribution in [3.8, 4) is 0 Å². The molecule has 1 saturated carbocycles. The number of amides is 1. The lowest BCUT2D eigenvalue weighted by Crippen LogP contribution is -2.34. The average Bonchev–Trinajstić information content (AvgIpc) is 3.12. The Morgan fingerprint density at radius 3 is 2.76 bits per heavy atom. The number of rotatable bonds is 4. The maximum absolute atomic E-state index is 12.2. The molecule has 1 amide bonds. The minimum atomic E-state index is -0.0557. The van der Waals surface area contributed by atoms with Crippen molar-refractivity contribution in [1.29, 1.82) is 0 Å². The molecule has 0 bridgehead atoms. The topological polar surface area (TPSA) is 85.8 Å². The lowest BCUT2D eigenvalue weighted by molar-refractivity contribution is -0.120. The van der Waals surface area contributed by atoms with E-state index in [2.05, 4.69) is 15.4 Å². The molecule has 1 heterocycles. The fourth-order valence-corrected chi connectivity index (χ4v) is 2.74. The molecule has 3 N–H and O–H groups in total. The number of benzene rings is 1. The number of aromatic nitrogens is 3. The summed E-state index contributed by atoms with van der Waals surface area (Å²) in [6.07, 6.45) is 6.05. The second-order valence-corrected chi connectivity index (χ2v) is 5.48. The van der Waals surface area contributed by atoms with E-state index in [0.717, 1.165) is 30.5 Å². The lowest BCUT2D eigenvalue weighted by atomic mass is 10.0. The zero-order chi connectivity index (χ0) is 14.7. The zero-order valence-corrected chi connectivity index (χ0v) is 11.8. The van der Waals surface area contributed by atoms with Gasteiger partial charge in [0.1, 0.15) is 12.7 Å². The molecule has 0 spiro atoms. The number of hydrogen-bond acceptors (Lipinski definition) is 4. The molecule has 1 fully saturated rings. The summed E-state index contributed by atoms with van der Waals surface area (Å²) in [4.78, 5) is 16.1. The van der Waals surface area contributed by atoms with Crippen molar-refractivity contribution in [2.24, 2.45) is 11.7 Å². The third-order valence-corrected chi connectivity index (χ3v) is 3.94. The first kappa shape index (κ1) is 13.8. The van der Waals surface area contributed by atoms with Crippen molar-refractivity contribution >= 4 is 11.6 Å². The summed E-state index contributed by atoms with van der Waals surface area (Å²) < 4.78 is 1.76. The van der Waals surface area contributed by atoms with Crippen LogP contribution >= 0.6 is 0 Å². The van der Waals surface area contributed by atoms with Gasteiger partial charge in [-0.1, -0.05) is 18.6 Å². The molecule has 1 aliphatic carbocycles. The van der Waals surface area contributed by atoms with Crippen molar-refractivity contribution in [3.63, 3.8) is 0 Å². The Morgan fingerprint density at radius 1 is 1.33 bits per heavy atom. The lowest BCUT2D eigenvalue weighted by Gasteiger charge is -2.15. The third kappa shape index (κ3) is 3.28. The Labute approximate surface area is 123 Å². The summed E-state index contributed by atoms with van der Waals surface area (Å²) in [6.45, 7) is 0.668. The van der Waals surface area contributed by atoms with Gasteiger partial charge in [-0.15, -0.1) is 0 Å². The highest BCUT2D eigenvalue weighted by Crippen LogP contribution is 2.25. The molecule has 0 saturated heterocycles. The zero-order valence-electron chi connectivity index (χ0n) is 11.8. The minimum absolute atomic E-state index is 0.00316. The Kier molecular flexibility index (Phi) is 3.96. The van der Waals surface area contributed by atoms with Crippen LogP contribution in [-0.4, -0.2) is 26.7 Å². The molecule has 110 valence electrons. The molecule has 2 atom stereocenters. The molecular weight excluding hydrogens is 266 g/mol. The smallest absolute Gasteiger partial charge is 0.229 e. The predicted molar refractivity (Wildman–Crippen MR) is 79.5 cm³/mol. The molecule has 2 unspecified atom stereocenters. The average molecular weight is 285 g/mol. The highest BCUT2D eigenvalue weighted by atomic mass is 16.1.